The number of benzene rings is 2. The van der Waals surface area contributed by atoms with Gasteiger partial charge in [0.15, 0.2) is 0 Å². The van der Waals surface area contributed by atoms with Gasteiger partial charge < -0.3 is 24.3 Å². The topological polar surface area (TPSA) is 83.1 Å². The van der Waals surface area contributed by atoms with Crippen molar-refractivity contribution in [3.8, 4) is 11.5 Å². The molecule has 7 heteroatoms. The van der Waals surface area contributed by atoms with Gasteiger partial charge >= 0.3 is 5.97 Å². The van der Waals surface area contributed by atoms with Gasteiger partial charge in [0.05, 0.1) is 25.9 Å². The van der Waals surface area contributed by atoms with E-state index in [-0.39, 0.29) is 12.5 Å². The number of carbonyl (C=O) groups excluding carboxylic acids is 2. The Kier molecular flexibility index (Phi) is 9.51. The molecule has 0 saturated carbocycles. The summed E-state index contributed by atoms with van der Waals surface area (Å²) in [7, 11) is 1.61. The van der Waals surface area contributed by atoms with Crippen molar-refractivity contribution in [2.45, 2.75) is 19.8 Å². The largest absolute Gasteiger partial charge is 0.497 e. The molecule has 0 fully saturated rings. The van der Waals surface area contributed by atoms with Crippen LogP contribution in [0.15, 0.2) is 48.5 Å². The molecule has 0 saturated heterocycles. The third kappa shape index (κ3) is 8.23. The van der Waals surface area contributed by atoms with Crippen LogP contribution in [0.5, 0.6) is 11.5 Å². The maximum atomic E-state index is 12.0. The molecule has 7 nitrogen and oxygen atoms in total. The normalized spacial score (nSPS) is 10.3. The zero-order valence-electron chi connectivity index (χ0n) is 16.8. The zero-order valence-corrected chi connectivity index (χ0v) is 16.8. The fourth-order valence-corrected chi connectivity index (χ4v) is 2.43. The van der Waals surface area contributed by atoms with Crippen LogP contribution in [-0.4, -0.2) is 45.4 Å². The van der Waals surface area contributed by atoms with Crippen LogP contribution in [0.2, 0.25) is 0 Å². The first-order valence-electron chi connectivity index (χ1n) is 9.54. The SMILES string of the molecule is CCOCCOC(=O)c1ccc(NC(=O)CCCOc2ccc(OC)cc2)cc1. The van der Waals surface area contributed by atoms with E-state index in [4.69, 9.17) is 18.9 Å². The lowest BCUT2D eigenvalue weighted by Gasteiger charge is -2.08. The lowest BCUT2D eigenvalue weighted by Crippen LogP contribution is -2.13. The molecule has 0 heterocycles. The van der Waals surface area contributed by atoms with Crippen LogP contribution >= 0.6 is 0 Å². The molecule has 156 valence electrons. The number of nitrogens with one attached hydrogen (secondary N) is 1. The number of anilines is 1. The third-order valence-electron chi connectivity index (χ3n) is 3.95. The molecule has 0 aliphatic carbocycles. The molecule has 2 aromatic carbocycles. The fraction of sp³-hybridized carbons (Fsp3) is 0.364. The predicted molar refractivity (Wildman–Crippen MR) is 110 cm³/mol. The number of esters is 1. The molecule has 0 radical (unpaired) electrons. The molecule has 2 rings (SSSR count). The number of methoxy groups -OCH3 is 1. The van der Waals surface area contributed by atoms with E-state index in [1.807, 2.05) is 31.2 Å². The maximum Gasteiger partial charge on any atom is 0.338 e. The number of hydrogen-bond acceptors (Lipinski definition) is 6. The van der Waals surface area contributed by atoms with Gasteiger partial charge in [-0.3, -0.25) is 4.79 Å². The van der Waals surface area contributed by atoms with Crippen molar-refractivity contribution in [2.75, 3.05) is 38.9 Å². The summed E-state index contributed by atoms with van der Waals surface area (Å²) in [4.78, 5) is 23.9. The van der Waals surface area contributed by atoms with Crippen molar-refractivity contribution in [2.24, 2.45) is 0 Å². The second-order valence-electron chi connectivity index (χ2n) is 6.09. The fourth-order valence-electron chi connectivity index (χ4n) is 2.43. The molecule has 0 aromatic heterocycles. The summed E-state index contributed by atoms with van der Waals surface area (Å²) in [6.45, 7) is 3.48. The van der Waals surface area contributed by atoms with Crippen molar-refractivity contribution in [3.63, 3.8) is 0 Å². The standard InChI is InChI=1S/C22H27NO6/c1-3-27-15-16-29-22(25)17-6-8-18(9-7-17)23-21(24)5-4-14-28-20-12-10-19(26-2)11-13-20/h6-13H,3-5,14-16H2,1-2H3,(H,23,24). The van der Waals surface area contributed by atoms with Crippen LogP contribution in [0.25, 0.3) is 0 Å². The number of hydrogen-bond donors (Lipinski definition) is 1. The van der Waals surface area contributed by atoms with E-state index in [9.17, 15) is 9.59 Å². The summed E-state index contributed by atoms with van der Waals surface area (Å²) in [5.74, 6) is 0.963. The van der Waals surface area contributed by atoms with Crippen molar-refractivity contribution in [3.05, 3.63) is 54.1 Å². The van der Waals surface area contributed by atoms with Crippen molar-refractivity contribution < 1.29 is 28.5 Å². The van der Waals surface area contributed by atoms with Gasteiger partial charge in [-0.15, -0.1) is 0 Å². The first-order chi connectivity index (χ1) is 14.1. The Morgan fingerprint density at radius 1 is 0.897 bits per heavy atom. The van der Waals surface area contributed by atoms with Crippen LogP contribution in [0.1, 0.15) is 30.1 Å². The molecule has 0 aliphatic rings. The molecule has 1 amide bonds. The van der Waals surface area contributed by atoms with Gasteiger partial charge in [0, 0.05) is 18.7 Å². The number of amides is 1. The van der Waals surface area contributed by atoms with Gasteiger partial charge in [-0.1, -0.05) is 0 Å². The van der Waals surface area contributed by atoms with Crippen LogP contribution in [0, 0.1) is 0 Å². The number of ether oxygens (including phenoxy) is 4. The minimum Gasteiger partial charge on any atom is -0.497 e. The van der Waals surface area contributed by atoms with Crippen LogP contribution in [0.3, 0.4) is 0 Å². The number of carbonyl (C=O) groups is 2. The first-order valence-corrected chi connectivity index (χ1v) is 9.54. The monoisotopic (exact) mass is 401 g/mol. The molecule has 2 aromatic rings. The highest BCUT2D eigenvalue weighted by Crippen LogP contribution is 2.17. The van der Waals surface area contributed by atoms with Crippen molar-refractivity contribution in [1.29, 1.82) is 0 Å². The summed E-state index contributed by atoms with van der Waals surface area (Å²) >= 11 is 0. The Bertz CT molecular complexity index is 758. The summed E-state index contributed by atoms with van der Waals surface area (Å²) in [6.07, 6.45) is 0.916. The Balaban J connectivity index is 1.67. The first kappa shape index (κ1) is 22.2. The highest BCUT2D eigenvalue weighted by Gasteiger charge is 2.08. The van der Waals surface area contributed by atoms with Gasteiger partial charge in [-0.05, 0) is 61.9 Å². The number of rotatable bonds is 12. The van der Waals surface area contributed by atoms with Crippen LogP contribution in [-0.2, 0) is 14.3 Å². The second-order valence-corrected chi connectivity index (χ2v) is 6.09. The van der Waals surface area contributed by atoms with Crippen LogP contribution in [0.4, 0.5) is 5.69 Å². The van der Waals surface area contributed by atoms with E-state index < -0.39 is 5.97 Å². The van der Waals surface area contributed by atoms with E-state index in [1.165, 1.54) is 0 Å². The van der Waals surface area contributed by atoms with Gasteiger partial charge in [-0.25, -0.2) is 4.79 Å². The van der Waals surface area contributed by atoms with Gasteiger partial charge in [0.1, 0.15) is 18.1 Å². The van der Waals surface area contributed by atoms with E-state index in [2.05, 4.69) is 5.32 Å². The molecule has 0 unspecified atom stereocenters. The van der Waals surface area contributed by atoms with Gasteiger partial charge in [-0.2, -0.15) is 0 Å². The molecule has 0 atom stereocenters. The highest BCUT2D eigenvalue weighted by molar-refractivity contribution is 5.93. The lowest BCUT2D eigenvalue weighted by atomic mass is 10.2. The second kappa shape index (κ2) is 12.4. The average Bonchev–Trinajstić information content (AvgIpc) is 2.75. The highest BCUT2D eigenvalue weighted by atomic mass is 16.6. The van der Waals surface area contributed by atoms with E-state index in [1.54, 1.807) is 31.4 Å². The summed E-state index contributed by atoms with van der Waals surface area (Å²) < 4.78 is 20.9. The van der Waals surface area contributed by atoms with Crippen molar-refractivity contribution in [1.82, 2.24) is 0 Å². The average molecular weight is 401 g/mol. The predicted octanol–water partition coefficient (Wildman–Crippen LogP) is 3.69. The molecular formula is C22H27NO6. The quantitative estimate of drug-likeness (QED) is 0.431. The lowest BCUT2D eigenvalue weighted by molar-refractivity contribution is -0.116. The molecule has 0 spiro atoms. The molecule has 0 aliphatic heterocycles. The minimum atomic E-state index is -0.418. The minimum absolute atomic E-state index is 0.115. The zero-order chi connectivity index (χ0) is 20.9. The van der Waals surface area contributed by atoms with E-state index >= 15 is 0 Å². The van der Waals surface area contributed by atoms with E-state index in [0.29, 0.717) is 43.9 Å². The van der Waals surface area contributed by atoms with E-state index in [0.717, 1.165) is 11.5 Å². The molecule has 1 N–H and O–H groups in total. The Morgan fingerprint density at radius 3 is 2.24 bits per heavy atom. The Hall–Kier alpha value is -3.06. The Morgan fingerprint density at radius 2 is 1.59 bits per heavy atom. The molecular weight excluding hydrogens is 374 g/mol. The van der Waals surface area contributed by atoms with Crippen molar-refractivity contribution >= 4 is 17.6 Å². The summed E-state index contributed by atoms with van der Waals surface area (Å²) in [5, 5.41) is 2.80. The maximum absolute atomic E-state index is 12.0. The van der Waals surface area contributed by atoms with Crippen LogP contribution < -0.4 is 14.8 Å². The van der Waals surface area contributed by atoms with Gasteiger partial charge in [0.2, 0.25) is 5.91 Å². The third-order valence-corrected chi connectivity index (χ3v) is 3.95. The smallest absolute Gasteiger partial charge is 0.338 e. The molecule has 29 heavy (non-hydrogen) atoms. The Labute approximate surface area is 170 Å². The molecule has 0 bridgehead atoms. The summed E-state index contributed by atoms with van der Waals surface area (Å²) in [6, 6.07) is 13.9. The van der Waals surface area contributed by atoms with Gasteiger partial charge in [0.25, 0.3) is 0 Å². The summed E-state index contributed by atoms with van der Waals surface area (Å²) in [5.41, 5.74) is 1.05.